The SMILES string of the molecule is CCn1cc(C(C)NC(C)c2nc(C)cs2)cn1. The highest BCUT2D eigenvalue weighted by Gasteiger charge is 2.14. The van der Waals surface area contributed by atoms with Crippen LogP contribution >= 0.6 is 11.3 Å². The largest absolute Gasteiger partial charge is 0.301 e. The Morgan fingerprint density at radius 3 is 2.72 bits per heavy atom. The summed E-state index contributed by atoms with van der Waals surface area (Å²) in [5.74, 6) is 0. The lowest BCUT2D eigenvalue weighted by Crippen LogP contribution is -2.22. The number of hydrogen-bond donors (Lipinski definition) is 1. The molecule has 98 valence electrons. The fourth-order valence-corrected chi connectivity index (χ4v) is 2.70. The van der Waals surface area contributed by atoms with Crippen molar-refractivity contribution >= 4 is 11.3 Å². The summed E-state index contributed by atoms with van der Waals surface area (Å²) in [5, 5.41) is 11.1. The first-order chi connectivity index (χ1) is 8.60. The van der Waals surface area contributed by atoms with E-state index in [0.717, 1.165) is 17.2 Å². The first-order valence-electron chi connectivity index (χ1n) is 6.30. The standard InChI is InChI=1S/C13H20N4S/c1-5-17-7-12(6-14-17)10(3)16-11(4)13-15-9(2)8-18-13/h6-8,10-11,16H,5H2,1-4H3. The molecule has 0 spiro atoms. The molecule has 1 N–H and O–H groups in total. The van der Waals surface area contributed by atoms with E-state index in [-0.39, 0.29) is 12.1 Å². The van der Waals surface area contributed by atoms with Crippen molar-refractivity contribution < 1.29 is 0 Å². The van der Waals surface area contributed by atoms with Crippen LogP contribution in [-0.4, -0.2) is 14.8 Å². The molecule has 0 aliphatic rings. The molecular formula is C13H20N4S. The van der Waals surface area contributed by atoms with Crippen molar-refractivity contribution in [3.63, 3.8) is 0 Å². The van der Waals surface area contributed by atoms with Gasteiger partial charge >= 0.3 is 0 Å². The highest BCUT2D eigenvalue weighted by Crippen LogP contribution is 2.21. The summed E-state index contributed by atoms with van der Waals surface area (Å²) in [6, 6.07) is 0.549. The van der Waals surface area contributed by atoms with Crippen LogP contribution in [0.15, 0.2) is 17.8 Å². The molecular weight excluding hydrogens is 244 g/mol. The van der Waals surface area contributed by atoms with Crippen LogP contribution in [0.25, 0.3) is 0 Å². The zero-order chi connectivity index (χ0) is 13.1. The average Bonchev–Trinajstić information content (AvgIpc) is 2.97. The molecule has 2 aromatic heterocycles. The molecule has 0 saturated carbocycles. The molecule has 0 aromatic carbocycles. The van der Waals surface area contributed by atoms with Crippen LogP contribution in [0.5, 0.6) is 0 Å². The normalized spacial score (nSPS) is 14.7. The molecule has 0 fully saturated rings. The molecule has 0 aliphatic carbocycles. The maximum atomic E-state index is 4.51. The third-order valence-electron chi connectivity index (χ3n) is 2.98. The minimum atomic E-state index is 0.267. The average molecular weight is 264 g/mol. The third kappa shape index (κ3) is 2.97. The van der Waals surface area contributed by atoms with Crippen molar-refractivity contribution in [3.05, 3.63) is 34.0 Å². The summed E-state index contributed by atoms with van der Waals surface area (Å²) >= 11 is 1.71. The molecule has 5 heteroatoms. The van der Waals surface area contributed by atoms with E-state index in [0.29, 0.717) is 0 Å². The monoisotopic (exact) mass is 264 g/mol. The van der Waals surface area contributed by atoms with Gasteiger partial charge in [-0.3, -0.25) is 4.68 Å². The molecule has 2 atom stereocenters. The first kappa shape index (κ1) is 13.2. The van der Waals surface area contributed by atoms with Crippen molar-refractivity contribution in [1.82, 2.24) is 20.1 Å². The van der Waals surface area contributed by atoms with Crippen molar-refractivity contribution in [2.24, 2.45) is 0 Å². The van der Waals surface area contributed by atoms with Gasteiger partial charge in [-0.15, -0.1) is 11.3 Å². The van der Waals surface area contributed by atoms with Crippen LogP contribution in [0.1, 0.15) is 49.1 Å². The van der Waals surface area contributed by atoms with Crippen molar-refractivity contribution in [2.45, 2.75) is 46.3 Å². The summed E-state index contributed by atoms with van der Waals surface area (Å²) in [4.78, 5) is 4.51. The molecule has 2 aromatic rings. The number of aryl methyl sites for hydroxylation is 2. The summed E-state index contributed by atoms with van der Waals surface area (Å²) in [6.45, 7) is 9.35. The van der Waals surface area contributed by atoms with Crippen LogP contribution in [0.4, 0.5) is 0 Å². The van der Waals surface area contributed by atoms with Gasteiger partial charge in [0, 0.05) is 35.4 Å². The van der Waals surface area contributed by atoms with Crippen molar-refractivity contribution in [3.8, 4) is 0 Å². The fraction of sp³-hybridized carbons (Fsp3) is 0.538. The van der Waals surface area contributed by atoms with E-state index >= 15 is 0 Å². The second kappa shape index (κ2) is 5.63. The van der Waals surface area contributed by atoms with E-state index in [2.05, 4.69) is 47.7 Å². The number of hydrogen-bond acceptors (Lipinski definition) is 4. The summed E-state index contributed by atoms with van der Waals surface area (Å²) < 4.78 is 1.95. The predicted octanol–water partition coefficient (Wildman–Crippen LogP) is 3.08. The maximum Gasteiger partial charge on any atom is 0.110 e. The van der Waals surface area contributed by atoms with Gasteiger partial charge in [0.15, 0.2) is 0 Å². The molecule has 0 aliphatic heterocycles. The van der Waals surface area contributed by atoms with E-state index < -0.39 is 0 Å². The molecule has 2 unspecified atom stereocenters. The van der Waals surface area contributed by atoms with E-state index in [9.17, 15) is 0 Å². The Bertz CT molecular complexity index is 503. The lowest BCUT2D eigenvalue weighted by Gasteiger charge is -2.17. The van der Waals surface area contributed by atoms with Crippen LogP contribution in [-0.2, 0) is 6.54 Å². The fourth-order valence-electron chi connectivity index (χ4n) is 1.89. The molecule has 0 bridgehead atoms. The quantitative estimate of drug-likeness (QED) is 0.902. The lowest BCUT2D eigenvalue weighted by atomic mass is 10.1. The highest BCUT2D eigenvalue weighted by atomic mass is 32.1. The Morgan fingerprint density at radius 1 is 1.39 bits per heavy atom. The van der Waals surface area contributed by atoms with Crippen molar-refractivity contribution in [1.29, 1.82) is 0 Å². The lowest BCUT2D eigenvalue weighted by molar-refractivity contribution is 0.492. The molecule has 2 rings (SSSR count). The number of thiazole rings is 1. The second-order valence-corrected chi connectivity index (χ2v) is 5.46. The molecule has 0 saturated heterocycles. The molecule has 0 amide bonds. The van der Waals surface area contributed by atoms with Gasteiger partial charge < -0.3 is 5.32 Å². The van der Waals surface area contributed by atoms with Crippen LogP contribution in [0.2, 0.25) is 0 Å². The van der Waals surface area contributed by atoms with E-state index in [4.69, 9.17) is 0 Å². The summed E-state index contributed by atoms with van der Waals surface area (Å²) in [6.07, 6.45) is 4.03. The van der Waals surface area contributed by atoms with E-state index in [1.54, 1.807) is 11.3 Å². The second-order valence-electron chi connectivity index (χ2n) is 4.57. The highest BCUT2D eigenvalue weighted by molar-refractivity contribution is 7.09. The number of rotatable bonds is 5. The minimum Gasteiger partial charge on any atom is -0.301 e. The zero-order valence-electron chi connectivity index (χ0n) is 11.3. The Labute approximate surface area is 112 Å². The van der Waals surface area contributed by atoms with Gasteiger partial charge in [-0.05, 0) is 27.7 Å². The Hall–Kier alpha value is -1.20. The third-order valence-corrected chi connectivity index (χ3v) is 4.13. The molecule has 4 nitrogen and oxygen atoms in total. The summed E-state index contributed by atoms with van der Waals surface area (Å²) in [7, 11) is 0. The van der Waals surface area contributed by atoms with Gasteiger partial charge in [0.25, 0.3) is 0 Å². The van der Waals surface area contributed by atoms with Crippen LogP contribution in [0.3, 0.4) is 0 Å². The molecule has 18 heavy (non-hydrogen) atoms. The van der Waals surface area contributed by atoms with Gasteiger partial charge in [0.1, 0.15) is 5.01 Å². The summed E-state index contributed by atoms with van der Waals surface area (Å²) in [5.41, 5.74) is 2.31. The Morgan fingerprint density at radius 2 is 2.17 bits per heavy atom. The molecule has 2 heterocycles. The smallest absolute Gasteiger partial charge is 0.110 e. The predicted molar refractivity (Wildman–Crippen MR) is 74.7 cm³/mol. The maximum absolute atomic E-state index is 4.51. The zero-order valence-corrected chi connectivity index (χ0v) is 12.2. The molecule has 0 radical (unpaired) electrons. The van der Waals surface area contributed by atoms with E-state index in [1.807, 2.05) is 17.8 Å². The van der Waals surface area contributed by atoms with Gasteiger partial charge in [0.2, 0.25) is 0 Å². The Kier molecular flexibility index (Phi) is 4.14. The number of nitrogens with zero attached hydrogens (tertiary/aromatic N) is 3. The topological polar surface area (TPSA) is 42.7 Å². The van der Waals surface area contributed by atoms with Crippen molar-refractivity contribution in [2.75, 3.05) is 0 Å². The van der Waals surface area contributed by atoms with Gasteiger partial charge in [0.05, 0.1) is 12.2 Å². The van der Waals surface area contributed by atoms with Gasteiger partial charge in [-0.2, -0.15) is 5.10 Å². The van der Waals surface area contributed by atoms with Crippen LogP contribution < -0.4 is 5.32 Å². The Balaban J connectivity index is 2.00. The minimum absolute atomic E-state index is 0.267. The van der Waals surface area contributed by atoms with Gasteiger partial charge in [-0.25, -0.2) is 4.98 Å². The van der Waals surface area contributed by atoms with Crippen LogP contribution in [0, 0.1) is 6.92 Å². The van der Waals surface area contributed by atoms with E-state index in [1.165, 1.54) is 5.56 Å². The first-order valence-corrected chi connectivity index (χ1v) is 7.18. The van der Waals surface area contributed by atoms with Gasteiger partial charge in [-0.1, -0.05) is 0 Å². The number of aromatic nitrogens is 3. The number of nitrogens with one attached hydrogen (secondary N) is 1.